The summed E-state index contributed by atoms with van der Waals surface area (Å²) in [5.41, 5.74) is -1.48. The number of halogens is 3. The third-order valence-corrected chi connectivity index (χ3v) is 4.45. The lowest BCUT2D eigenvalue weighted by atomic mass is 10.1. The minimum absolute atomic E-state index is 0.0676. The highest BCUT2D eigenvalue weighted by molar-refractivity contribution is 7.92. The molecule has 1 aromatic carbocycles. The van der Waals surface area contributed by atoms with Crippen LogP contribution in [0.15, 0.2) is 24.3 Å². The highest BCUT2D eigenvalue weighted by Crippen LogP contribution is 2.37. The number of carbonyl (C=O) groups excluding carboxylic acids is 1. The molecule has 136 valence electrons. The van der Waals surface area contributed by atoms with Crippen molar-refractivity contribution >= 4 is 21.6 Å². The molecular formula is C15H21F3N2O3S. The first-order chi connectivity index (χ1) is 11.1. The lowest BCUT2D eigenvalue weighted by Gasteiger charge is -2.25. The van der Waals surface area contributed by atoms with Gasteiger partial charge in [-0.05, 0) is 18.6 Å². The van der Waals surface area contributed by atoms with E-state index in [0.717, 1.165) is 24.8 Å². The standard InChI is InChI=1S/C15H21F3N2O3S/c1-3-4-9-14(21)19-10-11-20(24(2,22)23)13-8-6-5-7-12(13)15(16,17)18/h5-8H,3-4,9-11H2,1-2H3,(H,19,21). The van der Waals surface area contributed by atoms with E-state index in [-0.39, 0.29) is 19.0 Å². The zero-order valence-corrected chi connectivity index (χ0v) is 14.4. The first kappa shape index (κ1) is 20.3. The Hall–Kier alpha value is -1.77. The molecule has 0 atom stereocenters. The van der Waals surface area contributed by atoms with Gasteiger partial charge in [0.15, 0.2) is 0 Å². The maximum absolute atomic E-state index is 13.1. The molecule has 0 aliphatic rings. The minimum atomic E-state index is -4.68. The highest BCUT2D eigenvalue weighted by Gasteiger charge is 2.36. The summed E-state index contributed by atoms with van der Waals surface area (Å²) in [6.07, 6.45) is -2.02. The first-order valence-electron chi connectivity index (χ1n) is 7.48. The molecule has 0 radical (unpaired) electrons. The van der Waals surface area contributed by atoms with Crippen LogP contribution in [-0.2, 0) is 21.0 Å². The van der Waals surface area contributed by atoms with Gasteiger partial charge in [-0.15, -0.1) is 0 Å². The first-order valence-corrected chi connectivity index (χ1v) is 9.32. The Labute approximate surface area is 139 Å². The minimum Gasteiger partial charge on any atom is -0.354 e. The van der Waals surface area contributed by atoms with E-state index in [4.69, 9.17) is 0 Å². The van der Waals surface area contributed by atoms with Gasteiger partial charge in [0, 0.05) is 13.0 Å². The van der Waals surface area contributed by atoms with E-state index in [2.05, 4.69) is 5.32 Å². The van der Waals surface area contributed by atoms with Gasteiger partial charge in [0.25, 0.3) is 0 Å². The second-order valence-electron chi connectivity index (χ2n) is 5.30. The molecule has 0 bridgehead atoms. The van der Waals surface area contributed by atoms with E-state index in [1.165, 1.54) is 12.1 Å². The van der Waals surface area contributed by atoms with E-state index < -0.39 is 27.5 Å². The summed E-state index contributed by atoms with van der Waals surface area (Å²) >= 11 is 0. The van der Waals surface area contributed by atoms with Gasteiger partial charge in [0.05, 0.1) is 24.1 Å². The van der Waals surface area contributed by atoms with E-state index in [1.54, 1.807) is 0 Å². The topological polar surface area (TPSA) is 66.5 Å². The van der Waals surface area contributed by atoms with Crippen molar-refractivity contribution in [1.82, 2.24) is 5.32 Å². The fraction of sp³-hybridized carbons (Fsp3) is 0.533. The summed E-state index contributed by atoms with van der Waals surface area (Å²) in [7, 11) is -3.93. The Kier molecular flexibility index (Phi) is 7.07. The van der Waals surface area contributed by atoms with E-state index in [9.17, 15) is 26.4 Å². The summed E-state index contributed by atoms with van der Waals surface area (Å²) in [6, 6.07) is 4.46. The van der Waals surface area contributed by atoms with Gasteiger partial charge in [-0.3, -0.25) is 9.10 Å². The van der Waals surface area contributed by atoms with E-state index >= 15 is 0 Å². The van der Waals surface area contributed by atoms with Crippen LogP contribution in [0.2, 0.25) is 0 Å². The molecule has 1 amide bonds. The fourth-order valence-corrected chi connectivity index (χ4v) is 3.06. The smallest absolute Gasteiger partial charge is 0.354 e. The van der Waals surface area contributed by atoms with E-state index in [1.807, 2.05) is 6.92 Å². The van der Waals surface area contributed by atoms with Crippen molar-refractivity contribution in [1.29, 1.82) is 0 Å². The zero-order valence-electron chi connectivity index (χ0n) is 13.6. The van der Waals surface area contributed by atoms with Crippen molar-refractivity contribution in [3.63, 3.8) is 0 Å². The van der Waals surface area contributed by atoms with Crippen LogP contribution < -0.4 is 9.62 Å². The maximum atomic E-state index is 13.1. The largest absolute Gasteiger partial charge is 0.418 e. The molecule has 1 N–H and O–H groups in total. The van der Waals surface area contributed by atoms with Crippen LogP contribution in [0.3, 0.4) is 0 Å². The molecule has 24 heavy (non-hydrogen) atoms. The highest BCUT2D eigenvalue weighted by atomic mass is 32.2. The summed E-state index contributed by atoms with van der Waals surface area (Å²) < 4.78 is 63.8. The molecule has 0 spiro atoms. The number of anilines is 1. The van der Waals surface area contributed by atoms with Gasteiger partial charge in [-0.25, -0.2) is 8.42 Å². The van der Waals surface area contributed by atoms with E-state index in [0.29, 0.717) is 17.1 Å². The molecule has 0 aromatic heterocycles. The fourth-order valence-electron chi connectivity index (χ4n) is 2.12. The number of sulfonamides is 1. The van der Waals surface area contributed by atoms with Crippen molar-refractivity contribution < 1.29 is 26.4 Å². The van der Waals surface area contributed by atoms with Gasteiger partial charge >= 0.3 is 6.18 Å². The number of hydrogen-bond donors (Lipinski definition) is 1. The second kappa shape index (κ2) is 8.36. The summed E-state index contributed by atoms with van der Waals surface area (Å²) in [5, 5.41) is 2.52. The van der Waals surface area contributed by atoms with Crippen LogP contribution in [0, 0.1) is 0 Å². The van der Waals surface area contributed by atoms with Crippen molar-refractivity contribution in [2.24, 2.45) is 0 Å². The third kappa shape index (κ3) is 6.03. The number of hydrogen-bond acceptors (Lipinski definition) is 3. The molecule has 0 saturated heterocycles. The number of amides is 1. The Bertz CT molecular complexity index is 660. The molecule has 0 heterocycles. The van der Waals surface area contributed by atoms with Crippen LogP contribution in [-0.4, -0.2) is 33.7 Å². The SMILES string of the molecule is CCCCC(=O)NCCN(c1ccccc1C(F)(F)F)S(C)(=O)=O. The quantitative estimate of drug-likeness (QED) is 0.769. The van der Waals surface area contributed by atoms with Crippen molar-refractivity contribution in [2.45, 2.75) is 32.4 Å². The van der Waals surface area contributed by atoms with Crippen LogP contribution in [0.25, 0.3) is 0 Å². The van der Waals surface area contributed by atoms with Gasteiger partial charge in [0.1, 0.15) is 0 Å². The van der Waals surface area contributed by atoms with Gasteiger partial charge in [0.2, 0.25) is 15.9 Å². The number of nitrogens with zero attached hydrogens (tertiary/aromatic N) is 1. The zero-order chi connectivity index (χ0) is 18.4. The number of nitrogens with one attached hydrogen (secondary N) is 1. The van der Waals surface area contributed by atoms with Gasteiger partial charge in [-0.1, -0.05) is 25.5 Å². The molecule has 0 unspecified atom stereocenters. The molecule has 0 saturated carbocycles. The summed E-state index contributed by atoms with van der Waals surface area (Å²) in [5.74, 6) is -0.255. The number of carbonyl (C=O) groups is 1. The molecule has 0 aliphatic heterocycles. The Balaban J connectivity index is 2.95. The normalized spacial score (nSPS) is 12.0. The van der Waals surface area contributed by atoms with Crippen molar-refractivity contribution in [2.75, 3.05) is 23.7 Å². The second-order valence-corrected chi connectivity index (χ2v) is 7.21. The summed E-state index contributed by atoms with van der Waals surface area (Å²) in [6.45, 7) is 1.58. The monoisotopic (exact) mass is 366 g/mol. The number of benzene rings is 1. The van der Waals surface area contributed by atoms with Crippen LogP contribution in [0.4, 0.5) is 18.9 Å². The molecule has 1 aromatic rings. The Morgan fingerprint density at radius 3 is 2.42 bits per heavy atom. The van der Waals surface area contributed by atoms with Crippen LogP contribution in [0.5, 0.6) is 0 Å². The molecular weight excluding hydrogens is 345 g/mol. The maximum Gasteiger partial charge on any atom is 0.418 e. The van der Waals surface area contributed by atoms with Gasteiger partial charge < -0.3 is 5.32 Å². The molecule has 9 heteroatoms. The Morgan fingerprint density at radius 1 is 1.25 bits per heavy atom. The lowest BCUT2D eigenvalue weighted by molar-refractivity contribution is -0.137. The average molecular weight is 366 g/mol. The predicted molar refractivity (Wildman–Crippen MR) is 86.2 cm³/mol. The van der Waals surface area contributed by atoms with Crippen LogP contribution in [0.1, 0.15) is 31.7 Å². The molecule has 0 aliphatic carbocycles. The predicted octanol–water partition coefficient (Wildman–Crippen LogP) is 2.78. The number of alkyl halides is 3. The average Bonchev–Trinajstić information content (AvgIpc) is 2.47. The third-order valence-electron chi connectivity index (χ3n) is 3.27. The number of rotatable bonds is 8. The lowest BCUT2D eigenvalue weighted by Crippen LogP contribution is -2.39. The van der Waals surface area contributed by atoms with Crippen LogP contribution >= 0.6 is 0 Å². The molecule has 1 rings (SSSR count). The molecule has 0 fully saturated rings. The number of para-hydroxylation sites is 1. The van der Waals surface area contributed by atoms with Gasteiger partial charge in [-0.2, -0.15) is 13.2 Å². The Morgan fingerprint density at radius 2 is 1.88 bits per heavy atom. The van der Waals surface area contributed by atoms with Crippen molar-refractivity contribution in [3.8, 4) is 0 Å². The number of unbranched alkanes of at least 4 members (excludes halogenated alkanes) is 1. The molecule has 5 nitrogen and oxygen atoms in total. The summed E-state index contributed by atoms with van der Waals surface area (Å²) in [4.78, 5) is 11.5. The van der Waals surface area contributed by atoms with Crippen molar-refractivity contribution in [3.05, 3.63) is 29.8 Å².